The largest absolute Gasteiger partial charge is 0.480 e. The Morgan fingerprint density at radius 2 is 2.18 bits per heavy atom. The first kappa shape index (κ1) is 24.2. The highest BCUT2D eigenvalue weighted by molar-refractivity contribution is 7.11. The van der Waals surface area contributed by atoms with Gasteiger partial charge in [-0.25, -0.2) is 22.9 Å². The van der Waals surface area contributed by atoms with E-state index in [1.807, 2.05) is 0 Å². The maximum atomic E-state index is 14.9. The monoisotopic (exact) mass is 514 g/mol. The molecule has 1 aromatic carbocycles. The molecule has 0 saturated carbocycles. The van der Waals surface area contributed by atoms with Gasteiger partial charge >= 0.3 is 11.9 Å². The summed E-state index contributed by atoms with van der Waals surface area (Å²) in [5.41, 5.74) is -0.0712. The molecule has 180 valence electrons. The molecule has 8 nitrogen and oxygen atoms in total. The third-order valence-corrected chi connectivity index (χ3v) is 6.45. The number of methoxy groups -OCH3 is 1. The van der Waals surface area contributed by atoms with Crippen molar-refractivity contribution < 1.29 is 32.6 Å². The summed E-state index contributed by atoms with van der Waals surface area (Å²) < 4.78 is 48.0. The number of carboxylic acids is 1. The number of nitrogens with zero attached hydrogens (tertiary/aromatic N) is 3. The van der Waals surface area contributed by atoms with Crippen molar-refractivity contribution in [3.05, 3.63) is 62.5 Å². The van der Waals surface area contributed by atoms with E-state index in [0.717, 1.165) is 18.1 Å². The van der Waals surface area contributed by atoms with E-state index in [-0.39, 0.29) is 34.2 Å². The number of hydrogen-bond donors (Lipinski definition) is 2. The summed E-state index contributed by atoms with van der Waals surface area (Å²) in [5, 5.41) is 14.6. The van der Waals surface area contributed by atoms with Crippen LogP contribution in [0.5, 0.6) is 0 Å². The number of amidine groups is 1. The molecule has 2 N–H and O–H groups in total. The van der Waals surface area contributed by atoms with Gasteiger partial charge in [-0.1, -0.05) is 17.7 Å². The predicted octanol–water partition coefficient (Wildman–Crippen LogP) is 3.25. The number of nitrogens with one attached hydrogen (secondary N) is 1. The number of likely N-dealkylation sites (tertiary alicyclic amines) is 1. The molecule has 2 aliphatic heterocycles. The average molecular weight is 515 g/mol. The number of carboxylic acid groups (broad SMARTS) is 1. The quantitative estimate of drug-likeness (QED) is 0.570. The maximum absolute atomic E-state index is 14.9. The Hall–Kier alpha value is -2.96. The number of alkyl halides is 2. The lowest BCUT2D eigenvalue weighted by Crippen LogP contribution is -2.43. The van der Waals surface area contributed by atoms with Crippen molar-refractivity contribution in [3.63, 3.8) is 0 Å². The zero-order valence-electron chi connectivity index (χ0n) is 17.6. The van der Waals surface area contributed by atoms with Crippen LogP contribution in [0.2, 0.25) is 5.02 Å². The van der Waals surface area contributed by atoms with Gasteiger partial charge in [-0.3, -0.25) is 14.7 Å². The Labute approximate surface area is 200 Å². The fourth-order valence-corrected chi connectivity index (χ4v) is 4.71. The molecule has 1 aromatic heterocycles. The lowest BCUT2D eigenvalue weighted by molar-refractivity contribution is -0.142. The molecule has 3 heterocycles. The number of aromatic nitrogens is 1. The topological polar surface area (TPSA) is 104 Å². The first-order valence-corrected chi connectivity index (χ1v) is 11.2. The van der Waals surface area contributed by atoms with Crippen LogP contribution in [0.25, 0.3) is 0 Å². The van der Waals surface area contributed by atoms with Gasteiger partial charge in [0, 0.05) is 40.8 Å². The molecular weight excluding hydrogens is 497 g/mol. The molecule has 0 bridgehead atoms. The van der Waals surface area contributed by atoms with Crippen LogP contribution in [0.15, 0.2) is 46.0 Å². The number of hydrogen-bond acceptors (Lipinski definition) is 8. The summed E-state index contributed by atoms with van der Waals surface area (Å²) in [7, 11) is 1.12. The average Bonchev–Trinajstić information content (AvgIpc) is 3.40. The lowest BCUT2D eigenvalue weighted by Gasteiger charge is -2.30. The number of aliphatic carboxylic acids is 1. The third kappa shape index (κ3) is 4.79. The van der Waals surface area contributed by atoms with E-state index >= 15 is 0 Å². The summed E-state index contributed by atoms with van der Waals surface area (Å²) in [5.74, 6) is -6.07. The molecule has 2 atom stereocenters. The molecular formula is C21H18ClF3N4O4S. The summed E-state index contributed by atoms with van der Waals surface area (Å²) in [4.78, 5) is 34.1. The van der Waals surface area contributed by atoms with Gasteiger partial charge in [0.2, 0.25) is 0 Å². The molecule has 2 aromatic rings. The first-order chi connectivity index (χ1) is 16.1. The van der Waals surface area contributed by atoms with E-state index in [1.54, 1.807) is 5.38 Å². The van der Waals surface area contributed by atoms with Crippen LogP contribution in [0.3, 0.4) is 0 Å². The van der Waals surface area contributed by atoms with Gasteiger partial charge < -0.3 is 15.2 Å². The maximum Gasteiger partial charge on any atom is 0.338 e. The van der Waals surface area contributed by atoms with Crippen molar-refractivity contribution in [2.45, 2.75) is 24.4 Å². The molecule has 0 radical (unpaired) electrons. The Bertz CT molecular complexity index is 1190. The number of ether oxygens (including phenoxy) is 1. The van der Waals surface area contributed by atoms with Crippen LogP contribution in [-0.4, -0.2) is 64.9 Å². The number of rotatable bonds is 6. The van der Waals surface area contributed by atoms with Crippen molar-refractivity contribution in [3.8, 4) is 0 Å². The Morgan fingerprint density at radius 3 is 2.79 bits per heavy atom. The Balaban J connectivity index is 1.84. The SMILES string of the molecule is COC(=O)C1=C(CN2CC(F)(F)C[C@H]2C(=O)O)NC(c2nccs2)=N[C@H]1c1ccc(Cl)cc1F. The third-order valence-electron chi connectivity index (χ3n) is 5.44. The van der Waals surface area contributed by atoms with Gasteiger partial charge in [0.15, 0.2) is 10.8 Å². The highest BCUT2D eigenvalue weighted by Gasteiger charge is 2.49. The highest BCUT2D eigenvalue weighted by atomic mass is 35.5. The molecule has 0 amide bonds. The fourth-order valence-electron chi connectivity index (χ4n) is 3.96. The zero-order valence-corrected chi connectivity index (χ0v) is 19.2. The lowest BCUT2D eigenvalue weighted by atomic mass is 9.95. The molecule has 1 fully saturated rings. The van der Waals surface area contributed by atoms with Crippen LogP contribution in [-0.2, 0) is 14.3 Å². The van der Waals surface area contributed by atoms with Crippen LogP contribution in [0, 0.1) is 5.82 Å². The van der Waals surface area contributed by atoms with Gasteiger partial charge in [-0.2, -0.15) is 0 Å². The number of halogens is 4. The van der Waals surface area contributed by atoms with Gasteiger partial charge in [0.1, 0.15) is 17.9 Å². The number of esters is 1. The normalized spacial score (nSPS) is 22.3. The molecule has 13 heteroatoms. The number of carbonyl (C=O) groups excluding carboxylic acids is 1. The van der Waals surface area contributed by atoms with E-state index < -0.39 is 48.7 Å². The fraction of sp³-hybridized carbons (Fsp3) is 0.333. The second-order valence-corrected chi connectivity index (χ2v) is 9.04. The standard InChI is InChI=1S/C21H18ClF3N4O4S/c1-33-20(32)15-13(8-29-9-21(24,25)7-14(29)19(30)31)27-17(18-26-4-5-34-18)28-16(15)11-3-2-10(22)6-12(11)23/h2-6,14,16H,7-9H2,1H3,(H,27,28)(H,30,31)/t14-,16-/m0/s1. The van der Waals surface area contributed by atoms with Gasteiger partial charge in [0.05, 0.1) is 19.2 Å². The summed E-state index contributed by atoms with van der Waals surface area (Å²) in [6, 6.07) is 1.16. The van der Waals surface area contributed by atoms with Crippen molar-refractivity contribution in [2.75, 3.05) is 20.2 Å². The van der Waals surface area contributed by atoms with E-state index in [4.69, 9.17) is 16.3 Å². The van der Waals surface area contributed by atoms with E-state index in [1.165, 1.54) is 29.7 Å². The minimum Gasteiger partial charge on any atom is -0.480 e. The summed E-state index contributed by atoms with van der Waals surface area (Å²) in [6.07, 6.45) is 0.647. The van der Waals surface area contributed by atoms with Crippen LogP contribution in [0.4, 0.5) is 13.2 Å². The highest BCUT2D eigenvalue weighted by Crippen LogP contribution is 2.37. The number of aliphatic imine (C=N–C) groups is 1. The van der Waals surface area contributed by atoms with E-state index in [0.29, 0.717) is 5.01 Å². The smallest absolute Gasteiger partial charge is 0.338 e. The van der Waals surface area contributed by atoms with E-state index in [2.05, 4.69) is 15.3 Å². The minimum absolute atomic E-state index is 0.000562. The number of benzene rings is 1. The first-order valence-electron chi connectivity index (χ1n) is 9.95. The van der Waals surface area contributed by atoms with Gasteiger partial charge in [-0.15, -0.1) is 11.3 Å². The van der Waals surface area contributed by atoms with E-state index in [9.17, 15) is 27.9 Å². The molecule has 0 unspecified atom stereocenters. The Morgan fingerprint density at radius 1 is 1.41 bits per heavy atom. The molecule has 0 spiro atoms. The molecule has 34 heavy (non-hydrogen) atoms. The van der Waals surface area contributed by atoms with Crippen molar-refractivity contribution >= 4 is 40.7 Å². The number of thiazole rings is 1. The van der Waals surface area contributed by atoms with Crippen LogP contribution >= 0.6 is 22.9 Å². The van der Waals surface area contributed by atoms with Crippen LogP contribution in [0.1, 0.15) is 23.0 Å². The molecule has 0 aliphatic carbocycles. The Kier molecular flexibility index (Phi) is 6.65. The molecule has 1 saturated heterocycles. The van der Waals surface area contributed by atoms with Gasteiger partial charge in [-0.05, 0) is 12.1 Å². The minimum atomic E-state index is -3.22. The molecule has 4 rings (SSSR count). The van der Waals surface area contributed by atoms with Crippen molar-refractivity contribution in [2.24, 2.45) is 4.99 Å². The zero-order chi connectivity index (χ0) is 24.6. The summed E-state index contributed by atoms with van der Waals surface area (Å²) in [6.45, 7) is -1.19. The number of carbonyl (C=O) groups is 2. The molecule has 2 aliphatic rings. The van der Waals surface area contributed by atoms with Crippen molar-refractivity contribution in [1.29, 1.82) is 0 Å². The van der Waals surface area contributed by atoms with Crippen molar-refractivity contribution in [1.82, 2.24) is 15.2 Å². The predicted molar refractivity (Wildman–Crippen MR) is 118 cm³/mol. The van der Waals surface area contributed by atoms with Gasteiger partial charge in [0.25, 0.3) is 5.92 Å². The second kappa shape index (κ2) is 9.35. The van der Waals surface area contributed by atoms with Crippen LogP contribution < -0.4 is 5.32 Å². The second-order valence-electron chi connectivity index (χ2n) is 7.71. The summed E-state index contributed by atoms with van der Waals surface area (Å²) >= 11 is 7.09.